The lowest BCUT2D eigenvalue weighted by Gasteiger charge is -2.15. The number of esters is 1. The number of aromatic nitrogens is 2. The van der Waals surface area contributed by atoms with Crippen molar-refractivity contribution in [2.45, 2.75) is 47.3 Å². The van der Waals surface area contributed by atoms with Gasteiger partial charge >= 0.3 is 5.97 Å². The molecule has 1 aromatic heterocycles. The van der Waals surface area contributed by atoms with Gasteiger partial charge in [-0.1, -0.05) is 37.6 Å². The number of aryl methyl sites for hydroxylation is 1. The second-order valence-corrected chi connectivity index (χ2v) is 7.32. The van der Waals surface area contributed by atoms with E-state index in [-0.39, 0.29) is 16.5 Å². The van der Waals surface area contributed by atoms with E-state index in [1.165, 1.54) is 13.8 Å². The molecule has 0 bridgehead atoms. The van der Waals surface area contributed by atoms with Crippen LogP contribution in [0.5, 0.6) is 0 Å². The Kier molecular flexibility index (Phi) is 6.96. The van der Waals surface area contributed by atoms with Crippen LogP contribution in [0.2, 0.25) is 5.15 Å². The Morgan fingerprint density at radius 2 is 1.86 bits per heavy atom. The zero-order valence-corrected chi connectivity index (χ0v) is 17.3. The molecule has 0 aliphatic rings. The average Bonchev–Trinajstić information content (AvgIpc) is 2.87. The molecular weight excluding hydrogens is 382 g/mol. The number of Topliss-reactive ketones (excluding diaryl/α,β-unsaturated/α-hetero) is 1. The predicted octanol–water partition coefficient (Wildman–Crippen LogP) is 3.89. The maximum Gasteiger partial charge on any atom is 0.343 e. The van der Waals surface area contributed by atoms with Gasteiger partial charge in [0.25, 0.3) is 5.91 Å². The number of benzene rings is 1. The Morgan fingerprint density at radius 3 is 2.46 bits per heavy atom. The van der Waals surface area contributed by atoms with E-state index in [2.05, 4.69) is 10.4 Å². The van der Waals surface area contributed by atoms with Crippen molar-refractivity contribution in [1.82, 2.24) is 9.78 Å². The molecule has 7 nitrogen and oxygen atoms in total. The summed E-state index contributed by atoms with van der Waals surface area (Å²) in [5, 5.41) is 7.07. The highest BCUT2D eigenvalue weighted by atomic mass is 35.5. The van der Waals surface area contributed by atoms with Crippen LogP contribution >= 0.6 is 11.6 Å². The van der Waals surface area contributed by atoms with E-state index in [1.54, 1.807) is 35.9 Å². The Labute approximate surface area is 169 Å². The monoisotopic (exact) mass is 405 g/mol. The summed E-state index contributed by atoms with van der Waals surface area (Å²) in [6.07, 6.45) is -1.09. The average molecular weight is 406 g/mol. The fourth-order valence-electron chi connectivity index (χ4n) is 2.66. The first-order chi connectivity index (χ1) is 13.1. The number of carbonyl (C=O) groups excluding carboxylic acids is 3. The van der Waals surface area contributed by atoms with E-state index < -0.39 is 18.0 Å². The largest absolute Gasteiger partial charge is 0.449 e. The molecule has 0 spiro atoms. The third-order valence-electron chi connectivity index (χ3n) is 4.02. The molecule has 2 rings (SSSR count). The van der Waals surface area contributed by atoms with Gasteiger partial charge in [0.05, 0.1) is 11.4 Å². The van der Waals surface area contributed by atoms with Crippen molar-refractivity contribution in [2.75, 3.05) is 5.32 Å². The highest BCUT2D eigenvalue weighted by Crippen LogP contribution is 2.23. The summed E-state index contributed by atoms with van der Waals surface area (Å²) in [5.41, 5.74) is 1.32. The lowest BCUT2D eigenvalue weighted by molar-refractivity contribution is -0.123. The molecule has 1 atom stereocenters. The zero-order chi connectivity index (χ0) is 21.0. The number of amides is 1. The van der Waals surface area contributed by atoms with Crippen LogP contribution < -0.4 is 5.32 Å². The van der Waals surface area contributed by atoms with E-state index >= 15 is 0 Å². The quantitative estimate of drug-likeness (QED) is 0.557. The van der Waals surface area contributed by atoms with Gasteiger partial charge < -0.3 is 10.1 Å². The van der Waals surface area contributed by atoms with Gasteiger partial charge in [-0.25, -0.2) is 4.79 Å². The van der Waals surface area contributed by atoms with E-state index in [0.717, 1.165) is 0 Å². The zero-order valence-electron chi connectivity index (χ0n) is 16.6. The van der Waals surface area contributed by atoms with E-state index in [4.69, 9.17) is 16.3 Å². The number of nitrogens with one attached hydrogen (secondary N) is 1. The number of ketones is 1. The summed E-state index contributed by atoms with van der Waals surface area (Å²) in [4.78, 5) is 36.6. The number of anilines is 1. The van der Waals surface area contributed by atoms with Crippen LogP contribution in [0.3, 0.4) is 0 Å². The molecule has 1 heterocycles. The summed E-state index contributed by atoms with van der Waals surface area (Å²) in [6, 6.07) is 6.63. The molecule has 0 radical (unpaired) electrons. The number of ether oxygens (including phenoxy) is 1. The number of para-hydroxylation sites is 1. The van der Waals surface area contributed by atoms with Crippen LogP contribution in [0.1, 0.15) is 54.1 Å². The Balaban J connectivity index is 2.12. The summed E-state index contributed by atoms with van der Waals surface area (Å²) in [5.74, 6) is -1.15. The predicted molar refractivity (Wildman–Crippen MR) is 107 cm³/mol. The molecule has 0 aliphatic carbocycles. The molecule has 0 saturated carbocycles. The normalized spacial score (nSPS) is 12.0. The molecular formula is C20H24ClN3O4. The van der Waals surface area contributed by atoms with Gasteiger partial charge in [0.2, 0.25) is 0 Å². The smallest absolute Gasteiger partial charge is 0.343 e. The van der Waals surface area contributed by atoms with Gasteiger partial charge in [-0.15, -0.1) is 0 Å². The second-order valence-electron chi connectivity index (χ2n) is 6.97. The summed E-state index contributed by atoms with van der Waals surface area (Å²) in [7, 11) is 0. The van der Waals surface area contributed by atoms with Crippen molar-refractivity contribution in [3.8, 4) is 0 Å². The SMILES string of the molecule is CC(=O)c1ccccc1NC(=O)[C@H](C)OC(=O)c1c(C)nn(CC(C)C)c1Cl. The van der Waals surface area contributed by atoms with Gasteiger partial charge in [-0.3, -0.25) is 14.3 Å². The Bertz CT molecular complexity index is 905. The van der Waals surface area contributed by atoms with Gasteiger partial charge in [0, 0.05) is 12.1 Å². The molecule has 0 fully saturated rings. The van der Waals surface area contributed by atoms with Crippen molar-refractivity contribution in [1.29, 1.82) is 0 Å². The Morgan fingerprint density at radius 1 is 1.21 bits per heavy atom. The number of hydrogen-bond acceptors (Lipinski definition) is 5. The molecule has 0 saturated heterocycles. The lowest BCUT2D eigenvalue weighted by Crippen LogP contribution is -2.30. The van der Waals surface area contributed by atoms with Crippen molar-refractivity contribution in [2.24, 2.45) is 5.92 Å². The Hall–Kier alpha value is -2.67. The first kappa shape index (κ1) is 21.6. The third-order valence-corrected chi connectivity index (χ3v) is 4.41. The summed E-state index contributed by atoms with van der Waals surface area (Å²) in [6.45, 7) is 9.10. The van der Waals surface area contributed by atoms with Gasteiger partial charge in [0.15, 0.2) is 11.9 Å². The van der Waals surface area contributed by atoms with E-state index in [9.17, 15) is 14.4 Å². The van der Waals surface area contributed by atoms with Gasteiger partial charge in [0.1, 0.15) is 10.7 Å². The van der Waals surface area contributed by atoms with Crippen LogP contribution in [0.25, 0.3) is 0 Å². The molecule has 1 N–H and O–H groups in total. The molecule has 8 heteroatoms. The molecule has 2 aromatic rings. The van der Waals surface area contributed by atoms with Crippen LogP contribution in [0.15, 0.2) is 24.3 Å². The van der Waals surface area contributed by atoms with Crippen LogP contribution in [-0.2, 0) is 16.1 Å². The highest BCUT2D eigenvalue weighted by Gasteiger charge is 2.26. The summed E-state index contributed by atoms with van der Waals surface area (Å²) < 4.78 is 6.82. The number of carbonyl (C=O) groups is 3. The minimum absolute atomic E-state index is 0.145. The number of hydrogen-bond donors (Lipinski definition) is 1. The maximum absolute atomic E-state index is 12.5. The second kappa shape index (κ2) is 9.01. The highest BCUT2D eigenvalue weighted by molar-refractivity contribution is 6.32. The number of halogens is 1. The van der Waals surface area contributed by atoms with Crippen LogP contribution in [0, 0.1) is 12.8 Å². The van der Waals surface area contributed by atoms with Crippen molar-refractivity contribution in [3.63, 3.8) is 0 Å². The standard InChI is InChI=1S/C20H24ClN3O4/c1-11(2)10-24-18(21)17(12(3)23-24)20(27)28-14(5)19(26)22-16-9-7-6-8-15(16)13(4)25/h6-9,11,14H,10H2,1-5H3,(H,22,26)/t14-/m0/s1. The minimum atomic E-state index is -1.09. The van der Waals surface area contributed by atoms with Crippen molar-refractivity contribution in [3.05, 3.63) is 46.2 Å². The molecule has 1 aromatic carbocycles. The van der Waals surface area contributed by atoms with Crippen molar-refractivity contribution >= 4 is 34.9 Å². The fourth-order valence-corrected chi connectivity index (χ4v) is 2.98. The number of nitrogens with zero attached hydrogens (tertiary/aromatic N) is 2. The first-order valence-corrected chi connectivity index (χ1v) is 9.34. The van der Waals surface area contributed by atoms with Gasteiger partial charge in [-0.05, 0) is 38.8 Å². The van der Waals surface area contributed by atoms with Crippen LogP contribution in [-0.4, -0.2) is 33.5 Å². The third kappa shape index (κ3) is 4.98. The first-order valence-electron chi connectivity index (χ1n) is 8.96. The molecule has 150 valence electrons. The molecule has 0 aliphatic heterocycles. The van der Waals surface area contributed by atoms with Crippen LogP contribution in [0.4, 0.5) is 5.69 Å². The topological polar surface area (TPSA) is 90.3 Å². The van der Waals surface area contributed by atoms with E-state index in [0.29, 0.717) is 29.4 Å². The maximum atomic E-state index is 12.5. The number of rotatable bonds is 7. The molecule has 1 amide bonds. The minimum Gasteiger partial charge on any atom is -0.449 e. The molecule has 28 heavy (non-hydrogen) atoms. The lowest BCUT2D eigenvalue weighted by atomic mass is 10.1. The molecule has 0 unspecified atom stereocenters. The van der Waals surface area contributed by atoms with Gasteiger partial charge in [-0.2, -0.15) is 5.10 Å². The summed E-state index contributed by atoms with van der Waals surface area (Å²) >= 11 is 6.28. The fraction of sp³-hybridized carbons (Fsp3) is 0.400. The van der Waals surface area contributed by atoms with E-state index in [1.807, 2.05) is 13.8 Å². The van der Waals surface area contributed by atoms with Crippen molar-refractivity contribution < 1.29 is 19.1 Å².